The maximum Gasteiger partial charge on any atom is 0.322 e. The Morgan fingerprint density at radius 1 is 1.07 bits per heavy atom. The van der Waals surface area contributed by atoms with Gasteiger partial charge >= 0.3 is 6.01 Å². The molecule has 0 saturated carbocycles. The first-order valence-corrected chi connectivity index (χ1v) is 11.4. The van der Waals surface area contributed by atoms with Crippen LogP contribution in [0.3, 0.4) is 0 Å². The Morgan fingerprint density at radius 3 is 2.46 bits per heavy atom. The van der Waals surface area contributed by atoms with Crippen molar-refractivity contribution in [2.24, 2.45) is 0 Å². The molecule has 1 N–H and O–H groups in total. The van der Waals surface area contributed by atoms with E-state index >= 15 is 0 Å². The van der Waals surface area contributed by atoms with Crippen molar-refractivity contribution in [2.75, 3.05) is 17.3 Å². The fourth-order valence-corrected chi connectivity index (χ4v) is 4.12. The number of hydrogen-bond acceptors (Lipinski definition) is 7. The summed E-state index contributed by atoms with van der Waals surface area (Å²) in [5.74, 6) is -0.294. The Balaban J connectivity index is 1.54. The zero-order valence-electron chi connectivity index (χ0n) is 15.2. The predicted molar refractivity (Wildman–Crippen MR) is 107 cm³/mol. The van der Waals surface area contributed by atoms with Crippen molar-refractivity contribution in [2.45, 2.75) is 22.6 Å². The number of nitrogens with one attached hydrogen (secondary N) is 1. The first kappa shape index (κ1) is 20.1. The third-order valence-corrected chi connectivity index (χ3v) is 6.40. The van der Waals surface area contributed by atoms with Gasteiger partial charge in [-0.25, -0.2) is 8.42 Å². The number of aryl methyl sites for hydroxylation is 1. The van der Waals surface area contributed by atoms with E-state index in [1.165, 1.54) is 0 Å². The molecule has 0 saturated heterocycles. The van der Waals surface area contributed by atoms with Gasteiger partial charge in [-0.1, -0.05) is 35.4 Å². The smallest absolute Gasteiger partial charge is 0.322 e. The van der Waals surface area contributed by atoms with E-state index in [-0.39, 0.29) is 41.3 Å². The lowest BCUT2D eigenvalue weighted by atomic mass is 10.1. The third kappa shape index (κ3) is 5.43. The first-order chi connectivity index (χ1) is 13.5. The average Bonchev–Trinajstić information content (AvgIpc) is 3.15. The Bertz CT molecular complexity index is 1030. The largest absolute Gasteiger partial charge is 0.408 e. The van der Waals surface area contributed by atoms with Crippen molar-refractivity contribution < 1.29 is 17.6 Å². The molecule has 0 aliphatic heterocycles. The number of carbonyl (C=O) groups is 1. The molecule has 1 aromatic heterocycles. The van der Waals surface area contributed by atoms with Gasteiger partial charge in [0, 0.05) is 11.3 Å². The number of benzene rings is 2. The van der Waals surface area contributed by atoms with Crippen LogP contribution in [0.1, 0.15) is 11.5 Å². The van der Waals surface area contributed by atoms with Gasteiger partial charge in [0.05, 0.1) is 17.1 Å². The van der Waals surface area contributed by atoms with Crippen LogP contribution in [0.4, 0.5) is 6.01 Å². The van der Waals surface area contributed by atoms with E-state index in [4.69, 9.17) is 4.42 Å². The number of hydrogen-bond donors (Lipinski definition) is 1. The number of amides is 1. The standard InChI is InChI=1S/C19H19N3O4S2/c1-27-15-9-7-14(8-10-15)13-17(23)20-19-22-21-18(26-19)11-12-28(24,25)16-5-3-2-4-6-16/h2-10H,11-13H2,1H3,(H,20,22,23). The summed E-state index contributed by atoms with van der Waals surface area (Å²) in [5.41, 5.74) is 0.865. The van der Waals surface area contributed by atoms with Crippen molar-refractivity contribution in [3.05, 3.63) is 66.1 Å². The van der Waals surface area contributed by atoms with Crippen LogP contribution in [0.15, 0.2) is 68.8 Å². The fraction of sp³-hybridized carbons (Fsp3) is 0.211. The molecule has 9 heteroatoms. The minimum absolute atomic E-state index is 0.0437. The predicted octanol–water partition coefficient (Wildman–Crippen LogP) is 2.99. The van der Waals surface area contributed by atoms with Crippen molar-refractivity contribution in [3.8, 4) is 0 Å². The van der Waals surface area contributed by atoms with E-state index in [0.717, 1.165) is 10.5 Å². The molecule has 1 amide bonds. The zero-order valence-corrected chi connectivity index (χ0v) is 16.8. The van der Waals surface area contributed by atoms with E-state index in [1.807, 2.05) is 30.5 Å². The normalized spacial score (nSPS) is 11.3. The Morgan fingerprint density at radius 2 is 1.79 bits per heavy atom. The highest BCUT2D eigenvalue weighted by atomic mass is 32.2. The zero-order chi connectivity index (χ0) is 20.0. The van der Waals surface area contributed by atoms with Gasteiger partial charge in [-0.05, 0) is 36.1 Å². The van der Waals surface area contributed by atoms with Gasteiger partial charge < -0.3 is 4.42 Å². The van der Waals surface area contributed by atoms with Crippen LogP contribution in [0.5, 0.6) is 0 Å². The van der Waals surface area contributed by atoms with E-state index in [1.54, 1.807) is 42.1 Å². The van der Waals surface area contributed by atoms with Crippen LogP contribution in [0.2, 0.25) is 0 Å². The highest BCUT2D eigenvalue weighted by Crippen LogP contribution is 2.16. The quantitative estimate of drug-likeness (QED) is 0.562. The summed E-state index contributed by atoms with van der Waals surface area (Å²) in [4.78, 5) is 13.5. The molecule has 0 fully saturated rings. The topological polar surface area (TPSA) is 102 Å². The van der Waals surface area contributed by atoms with E-state index < -0.39 is 9.84 Å². The van der Waals surface area contributed by atoms with E-state index in [9.17, 15) is 13.2 Å². The number of anilines is 1. The first-order valence-electron chi connectivity index (χ1n) is 8.49. The monoisotopic (exact) mass is 417 g/mol. The Labute approximate surface area is 167 Å². The molecule has 0 bridgehead atoms. The fourth-order valence-electron chi connectivity index (χ4n) is 2.46. The molecule has 7 nitrogen and oxygen atoms in total. The van der Waals surface area contributed by atoms with Crippen molar-refractivity contribution in [1.29, 1.82) is 0 Å². The summed E-state index contributed by atoms with van der Waals surface area (Å²) in [6, 6.07) is 15.8. The van der Waals surface area contributed by atoms with Crippen LogP contribution < -0.4 is 5.32 Å². The molecule has 2 aromatic carbocycles. The third-order valence-electron chi connectivity index (χ3n) is 3.92. The van der Waals surface area contributed by atoms with Crippen molar-refractivity contribution >= 4 is 33.5 Å². The Kier molecular flexibility index (Phi) is 6.48. The molecule has 0 atom stereocenters. The maximum atomic E-state index is 12.3. The lowest BCUT2D eigenvalue weighted by Gasteiger charge is -2.03. The van der Waals surface area contributed by atoms with Crippen molar-refractivity contribution in [1.82, 2.24) is 10.2 Å². The molecule has 0 aliphatic carbocycles. The van der Waals surface area contributed by atoms with Crippen LogP contribution in [0, 0.1) is 0 Å². The van der Waals surface area contributed by atoms with Crippen LogP contribution >= 0.6 is 11.8 Å². The van der Waals surface area contributed by atoms with Crippen LogP contribution in [-0.2, 0) is 27.5 Å². The van der Waals surface area contributed by atoms with E-state index in [0.29, 0.717) is 0 Å². The summed E-state index contributed by atoms with van der Waals surface area (Å²) in [6.45, 7) is 0. The molecule has 0 spiro atoms. The molecule has 1 heterocycles. The highest BCUT2D eigenvalue weighted by Gasteiger charge is 2.17. The van der Waals surface area contributed by atoms with Gasteiger partial charge in [0.15, 0.2) is 9.84 Å². The lowest BCUT2D eigenvalue weighted by molar-refractivity contribution is -0.115. The summed E-state index contributed by atoms with van der Waals surface area (Å²) >= 11 is 1.63. The lowest BCUT2D eigenvalue weighted by Crippen LogP contribution is -2.14. The summed E-state index contributed by atoms with van der Waals surface area (Å²) in [7, 11) is -3.44. The van der Waals surface area contributed by atoms with Gasteiger partial charge in [0.1, 0.15) is 0 Å². The molecule has 3 rings (SSSR count). The van der Waals surface area contributed by atoms with Gasteiger partial charge in [-0.15, -0.1) is 16.9 Å². The van der Waals surface area contributed by atoms with Gasteiger partial charge in [-0.2, -0.15) is 0 Å². The number of aromatic nitrogens is 2. The molecule has 0 radical (unpaired) electrons. The average molecular weight is 418 g/mol. The van der Waals surface area contributed by atoms with Gasteiger partial charge in [0.25, 0.3) is 0 Å². The molecule has 0 aliphatic rings. The molecule has 3 aromatic rings. The van der Waals surface area contributed by atoms with E-state index in [2.05, 4.69) is 15.5 Å². The number of rotatable bonds is 8. The minimum Gasteiger partial charge on any atom is -0.408 e. The Hall–Kier alpha value is -2.65. The van der Waals surface area contributed by atoms with Gasteiger partial charge in [0.2, 0.25) is 11.8 Å². The summed E-state index contributed by atoms with van der Waals surface area (Å²) in [6.07, 6.45) is 2.23. The second-order valence-electron chi connectivity index (χ2n) is 5.96. The number of thioether (sulfide) groups is 1. The second kappa shape index (κ2) is 9.03. The molecule has 146 valence electrons. The van der Waals surface area contributed by atoms with Crippen molar-refractivity contribution in [3.63, 3.8) is 0 Å². The van der Waals surface area contributed by atoms with Gasteiger partial charge in [-0.3, -0.25) is 10.1 Å². The molecular weight excluding hydrogens is 398 g/mol. The molecular formula is C19H19N3O4S2. The maximum absolute atomic E-state index is 12.3. The van der Waals surface area contributed by atoms with Crippen LogP contribution in [0.25, 0.3) is 0 Å². The SMILES string of the molecule is CSc1ccc(CC(=O)Nc2nnc(CCS(=O)(=O)c3ccccc3)o2)cc1. The summed E-state index contributed by atoms with van der Waals surface area (Å²) in [5, 5.41) is 10.1. The van der Waals surface area contributed by atoms with Crippen LogP contribution in [-0.4, -0.2) is 36.5 Å². The number of sulfone groups is 1. The minimum atomic E-state index is -3.44. The molecule has 28 heavy (non-hydrogen) atoms. The second-order valence-corrected chi connectivity index (χ2v) is 8.94. The number of carbonyl (C=O) groups excluding carboxylic acids is 1. The summed E-state index contributed by atoms with van der Waals surface area (Å²) < 4.78 is 29.9. The number of nitrogens with zero attached hydrogens (tertiary/aromatic N) is 2. The highest BCUT2D eigenvalue weighted by molar-refractivity contribution is 7.98. The molecule has 0 unspecified atom stereocenters.